The van der Waals surface area contributed by atoms with Gasteiger partial charge in [0, 0.05) is 4.47 Å². The molecule has 0 aliphatic heterocycles. The van der Waals surface area contributed by atoms with Crippen LogP contribution in [-0.4, -0.2) is 0 Å². The molecule has 0 heterocycles. The van der Waals surface area contributed by atoms with Crippen molar-refractivity contribution in [3.05, 3.63) is 213 Å². The highest BCUT2D eigenvalue weighted by Crippen LogP contribution is 2.41. The molecule has 0 saturated heterocycles. The Hall–Kier alpha value is -4.46. The molecule has 6 aromatic carbocycles. The highest BCUT2D eigenvalue weighted by atomic mass is 79.9. The molecule has 41 heavy (non-hydrogen) atoms. The van der Waals surface area contributed by atoms with Crippen molar-refractivity contribution in [1.82, 2.24) is 0 Å². The third-order valence-electron chi connectivity index (χ3n) is 7.51. The van der Waals surface area contributed by atoms with Gasteiger partial charge in [0.2, 0.25) is 0 Å². The number of halogens is 1. The SMILES string of the molecule is Brc1c(C(=C(c2ccccc2)c2ccccc2)c2ccccc2)ccc(Cc2ccccc2)c1Cc1ccccc1. The van der Waals surface area contributed by atoms with Crippen molar-refractivity contribution in [1.29, 1.82) is 0 Å². The first-order chi connectivity index (χ1) is 20.3. The number of hydrogen-bond donors (Lipinski definition) is 0. The van der Waals surface area contributed by atoms with E-state index in [1.54, 1.807) is 0 Å². The molecule has 0 aromatic heterocycles. The van der Waals surface area contributed by atoms with Crippen LogP contribution in [0.4, 0.5) is 0 Å². The lowest BCUT2D eigenvalue weighted by Gasteiger charge is -2.22. The van der Waals surface area contributed by atoms with Crippen molar-refractivity contribution in [2.24, 2.45) is 0 Å². The Morgan fingerprint density at radius 3 is 1.24 bits per heavy atom. The molecule has 0 radical (unpaired) electrons. The maximum Gasteiger partial charge on any atom is 0.0292 e. The number of hydrogen-bond acceptors (Lipinski definition) is 0. The van der Waals surface area contributed by atoms with Crippen LogP contribution < -0.4 is 0 Å². The van der Waals surface area contributed by atoms with Gasteiger partial charge in [0.25, 0.3) is 0 Å². The van der Waals surface area contributed by atoms with Crippen molar-refractivity contribution < 1.29 is 0 Å². The molecule has 198 valence electrons. The molecular weight excluding hydrogens is 560 g/mol. The zero-order valence-corrected chi connectivity index (χ0v) is 24.5. The smallest absolute Gasteiger partial charge is 0.0292 e. The lowest BCUT2D eigenvalue weighted by Crippen LogP contribution is -2.04. The highest BCUT2D eigenvalue weighted by Gasteiger charge is 2.21. The first kappa shape index (κ1) is 26.7. The van der Waals surface area contributed by atoms with Gasteiger partial charge in [-0.1, -0.05) is 164 Å². The molecule has 6 rings (SSSR count). The molecule has 0 atom stereocenters. The third-order valence-corrected chi connectivity index (χ3v) is 8.41. The van der Waals surface area contributed by atoms with E-state index in [2.05, 4.69) is 180 Å². The second-order valence-electron chi connectivity index (χ2n) is 10.2. The van der Waals surface area contributed by atoms with Crippen LogP contribution in [0.5, 0.6) is 0 Å². The molecular formula is C40H31Br. The van der Waals surface area contributed by atoms with Gasteiger partial charge in [-0.25, -0.2) is 0 Å². The summed E-state index contributed by atoms with van der Waals surface area (Å²) in [4.78, 5) is 0. The van der Waals surface area contributed by atoms with Crippen LogP contribution in [-0.2, 0) is 12.8 Å². The number of rotatable bonds is 8. The molecule has 0 aliphatic rings. The Morgan fingerprint density at radius 2 is 0.780 bits per heavy atom. The van der Waals surface area contributed by atoms with E-state index in [-0.39, 0.29) is 0 Å². The minimum absolute atomic E-state index is 0.853. The van der Waals surface area contributed by atoms with Crippen LogP contribution in [0.15, 0.2) is 168 Å². The van der Waals surface area contributed by atoms with E-state index in [0.717, 1.165) is 17.3 Å². The van der Waals surface area contributed by atoms with Crippen LogP contribution in [0.1, 0.15) is 44.5 Å². The molecule has 0 aliphatic carbocycles. The normalized spacial score (nSPS) is 10.8. The standard InChI is InChI=1S/C40H31Br/c41-40-36(27-26-35(28-30-16-6-1-7-17-30)37(40)29-31-18-8-2-9-19-31)39(34-24-14-5-15-25-34)38(32-20-10-3-11-21-32)33-22-12-4-13-23-33/h1-27H,28-29H2. The van der Waals surface area contributed by atoms with E-state index in [4.69, 9.17) is 0 Å². The lowest BCUT2D eigenvalue weighted by atomic mass is 9.84. The van der Waals surface area contributed by atoms with E-state index in [0.29, 0.717) is 0 Å². The van der Waals surface area contributed by atoms with Crippen LogP contribution >= 0.6 is 15.9 Å². The second-order valence-corrected chi connectivity index (χ2v) is 11.0. The monoisotopic (exact) mass is 590 g/mol. The van der Waals surface area contributed by atoms with Crippen molar-refractivity contribution in [3.8, 4) is 0 Å². The van der Waals surface area contributed by atoms with Crippen molar-refractivity contribution >= 4 is 27.1 Å². The van der Waals surface area contributed by atoms with Crippen molar-refractivity contribution in [3.63, 3.8) is 0 Å². The average Bonchev–Trinajstić information content (AvgIpc) is 3.04. The minimum Gasteiger partial charge on any atom is -0.0622 e. The van der Waals surface area contributed by atoms with Crippen LogP contribution in [0, 0.1) is 0 Å². The predicted molar refractivity (Wildman–Crippen MR) is 177 cm³/mol. The second kappa shape index (κ2) is 12.8. The zero-order valence-electron chi connectivity index (χ0n) is 22.9. The summed E-state index contributed by atoms with van der Waals surface area (Å²) < 4.78 is 1.15. The molecule has 6 aromatic rings. The predicted octanol–water partition coefficient (Wildman–Crippen LogP) is 10.6. The summed E-state index contributed by atoms with van der Waals surface area (Å²) in [6.07, 6.45) is 1.74. The molecule has 0 unspecified atom stereocenters. The average molecular weight is 592 g/mol. The summed E-state index contributed by atoms with van der Waals surface area (Å²) in [5, 5.41) is 0. The molecule has 0 fully saturated rings. The summed E-state index contributed by atoms with van der Waals surface area (Å²) >= 11 is 4.18. The summed E-state index contributed by atoms with van der Waals surface area (Å²) in [6.45, 7) is 0. The topological polar surface area (TPSA) is 0 Å². The van der Waals surface area contributed by atoms with Crippen LogP contribution in [0.25, 0.3) is 11.1 Å². The van der Waals surface area contributed by atoms with E-state index < -0.39 is 0 Å². The molecule has 0 spiro atoms. The first-order valence-electron chi connectivity index (χ1n) is 14.1. The Morgan fingerprint density at radius 1 is 0.390 bits per heavy atom. The summed E-state index contributed by atoms with van der Waals surface area (Å²) in [5.41, 5.74) is 12.5. The summed E-state index contributed by atoms with van der Waals surface area (Å²) in [5.74, 6) is 0. The van der Waals surface area contributed by atoms with E-state index in [9.17, 15) is 0 Å². The van der Waals surface area contributed by atoms with Gasteiger partial charge in [-0.3, -0.25) is 0 Å². The fourth-order valence-electron chi connectivity index (χ4n) is 5.53. The minimum atomic E-state index is 0.853. The molecule has 0 bridgehead atoms. The first-order valence-corrected chi connectivity index (χ1v) is 14.9. The van der Waals surface area contributed by atoms with Gasteiger partial charge in [0.05, 0.1) is 0 Å². The molecule has 0 N–H and O–H groups in total. The Balaban J connectivity index is 1.63. The van der Waals surface area contributed by atoms with Gasteiger partial charge >= 0.3 is 0 Å². The van der Waals surface area contributed by atoms with E-state index in [1.807, 2.05) is 0 Å². The Kier molecular flexibility index (Phi) is 8.35. The largest absolute Gasteiger partial charge is 0.0622 e. The van der Waals surface area contributed by atoms with E-state index in [1.165, 1.54) is 55.7 Å². The van der Waals surface area contributed by atoms with Crippen LogP contribution in [0.3, 0.4) is 0 Å². The maximum atomic E-state index is 4.18. The fourth-order valence-corrected chi connectivity index (χ4v) is 6.26. The molecule has 0 amide bonds. The van der Waals surface area contributed by atoms with Crippen LogP contribution in [0.2, 0.25) is 0 Å². The van der Waals surface area contributed by atoms with E-state index >= 15 is 0 Å². The van der Waals surface area contributed by atoms with Gasteiger partial charge in [0.1, 0.15) is 0 Å². The van der Waals surface area contributed by atoms with Gasteiger partial charge in [-0.2, -0.15) is 0 Å². The maximum absolute atomic E-state index is 4.18. The van der Waals surface area contributed by atoms with Gasteiger partial charge in [-0.05, 0) is 84.4 Å². The van der Waals surface area contributed by atoms with Gasteiger partial charge < -0.3 is 0 Å². The zero-order chi connectivity index (χ0) is 27.9. The van der Waals surface area contributed by atoms with Gasteiger partial charge in [0.15, 0.2) is 0 Å². The molecule has 1 heteroatoms. The quantitative estimate of drug-likeness (QED) is 0.155. The highest BCUT2D eigenvalue weighted by molar-refractivity contribution is 9.10. The van der Waals surface area contributed by atoms with Gasteiger partial charge in [-0.15, -0.1) is 0 Å². The van der Waals surface area contributed by atoms with Crippen molar-refractivity contribution in [2.45, 2.75) is 12.8 Å². The van der Waals surface area contributed by atoms with Crippen molar-refractivity contribution in [2.75, 3.05) is 0 Å². The number of benzene rings is 6. The Bertz CT molecular complexity index is 1700. The fraction of sp³-hybridized carbons (Fsp3) is 0.0500. The summed E-state index contributed by atoms with van der Waals surface area (Å²) in [6, 6.07) is 58.5. The molecule has 0 nitrogen and oxygen atoms in total. The third kappa shape index (κ3) is 6.16. The summed E-state index contributed by atoms with van der Waals surface area (Å²) in [7, 11) is 0. The molecule has 0 saturated carbocycles. The lowest BCUT2D eigenvalue weighted by molar-refractivity contribution is 1.08. The Labute approximate surface area is 251 Å².